The Labute approximate surface area is 180 Å². The topological polar surface area (TPSA) is 60.9 Å². The number of aromatic nitrogens is 3. The Balaban J connectivity index is 2.05. The van der Waals surface area contributed by atoms with Crippen LogP contribution in [0.15, 0.2) is 54.8 Å². The summed E-state index contributed by atoms with van der Waals surface area (Å²) in [4.78, 5) is 21.4. The average Bonchev–Trinajstić information content (AvgIpc) is 2.91. The molecule has 1 aromatic carbocycles. The van der Waals surface area contributed by atoms with E-state index in [2.05, 4.69) is 41.8 Å². The lowest BCUT2D eigenvalue weighted by Crippen LogP contribution is -2.07. The van der Waals surface area contributed by atoms with Crippen molar-refractivity contribution in [3.8, 4) is 17.4 Å². The van der Waals surface area contributed by atoms with Crippen LogP contribution in [0.5, 0.6) is 0 Å². The molecule has 0 saturated carbocycles. The minimum absolute atomic E-state index is 0.144. The lowest BCUT2D eigenvalue weighted by Gasteiger charge is -2.11. The first-order valence-corrected chi connectivity index (χ1v) is 10.00. The Morgan fingerprint density at radius 3 is 2.70 bits per heavy atom. The van der Waals surface area contributed by atoms with Gasteiger partial charge in [0.2, 0.25) is 5.89 Å². The van der Waals surface area contributed by atoms with Crippen LogP contribution in [0.3, 0.4) is 0 Å². The largest absolute Gasteiger partial charge is 0.401 e. The monoisotopic (exact) mass is 527 g/mol. The van der Waals surface area contributed by atoms with Gasteiger partial charge in [-0.25, -0.2) is 14.8 Å². The fourth-order valence-electron chi connectivity index (χ4n) is 2.78. The zero-order valence-electron chi connectivity index (χ0n) is 13.6. The molecule has 0 fully saturated rings. The Bertz CT molecular complexity index is 1270. The van der Waals surface area contributed by atoms with Crippen LogP contribution in [0.1, 0.15) is 5.56 Å². The summed E-state index contributed by atoms with van der Waals surface area (Å²) in [5, 5.41) is 1.22. The zero-order chi connectivity index (χ0) is 19.3. The normalized spacial score (nSPS) is 11.3. The molecule has 0 saturated heterocycles. The predicted octanol–water partition coefficient (Wildman–Crippen LogP) is 6.18. The third kappa shape index (κ3) is 3.23. The van der Waals surface area contributed by atoms with Crippen LogP contribution in [0.25, 0.3) is 28.3 Å². The van der Waals surface area contributed by atoms with Crippen molar-refractivity contribution in [2.24, 2.45) is 0 Å². The summed E-state index contributed by atoms with van der Waals surface area (Å²) in [5.41, 5.74) is 1.30. The summed E-state index contributed by atoms with van der Waals surface area (Å²) in [5.74, 6) is 0.621. The molecular formula is C18H9Br2Cl2N3O2. The number of benzene rings is 1. The van der Waals surface area contributed by atoms with Gasteiger partial charge in [0.1, 0.15) is 10.3 Å². The summed E-state index contributed by atoms with van der Waals surface area (Å²) in [6.07, 6.45) is 1.63. The van der Waals surface area contributed by atoms with E-state index in [9.17, 15) is 4.79 Å². The highest BCUT2D eigenvalue weighted by molar-refractivity contribution is 9.13. The molecule has 136 valence electrons. The molecule has 0 atom stereocenters. The number of rotatable bonds is 2. The predicted molar refractivity (Wildman–Crippen MR) is 113 cm³/mol. The van der Waals surface area contributed by atoms with Crippen LogP contribution < -0.4 is 5.63 Å². The van der Waals surface area contributed by atoms with Crippen molar-refractivity contribution in [3.05, 3.63) is 71.6 Å². The van der Waals surface area contributed by atoms with Gasteiger partial charge in [-0.05, 0) is 74.7 Å². The first-order valence-electron chi connectivity index (χ1n) is 7.66. The minimum atomic E-state index is -0.521. The van der Waals surface area contributed by atoms with E-state index in [1.807, 2.05) is 6.92 Å². The van der Waals surface area contributed by atoms with E-state index in [0.717, 1.165) is 10.0 Å². The van der Waals surface area contributed by atoms with Crippen LogP contribution in [0.2, 0.25) is 10.0 Å². The second-order valence-electron chi connectivity index (χ2n) is 5.74. The Kier molecular flexibility index (Phi) is 4.88. The Morgan fingerprint density at radius 2 is 1.96 bits per heavy atom. The average molecular weight is 530 g/mol. The maximum atomic E-state index is 12.5. The van der Waals surface area contributed by atoms with E-state index >= 15 is 0 Å². The Morgan fingerprint density at radius 1 is 1.19 bits per heavy atom. The van der Waals surface area contributed by atoms with Crippen molar-refractivity contribution < 1.29 is 4.42 Å². The van der Waals surface area contributed by atoms with Crippen LogP contribution in [-0.2, 0) is 0 Å². The second-order valence-corrected chi connectivity index (χ2v) is 8.19. The SMILES string of the molecule is Cc1cc(Cl)cc2c(=O)oc(-c3cc(Br)c(Br)n3-c3ncccc3Cl)nc12. The fraction of sp³-hybridized carbons (Fsp3) is 0.0556. The Hall–Kier alpha value is -1.67. The van der Waals surface area contributed by atoms with Crippen molar-refractivity contribution in [3.63, 3.8) is 0 Å². The van der Waals surface area contributed by atoms with Gasteiger partial charge in [0.25, 0.3) is 0 Å². The van der Waals surface area contributed by atoms with E-state index in [4.69, 9.17) is 27.6 Å². The number of halogens is 4. The molecule has 3 heterocycles. The summed E-state index contributed by atoms with van der Waals surface area (Å²) in [6.45, 7) is 1.84. The zero-order valence-corrected chi connectivity index (χ0v) is 18.3. The van der Waals surface area contributed by atoms with E-state index in [1.54, 1.807) is 41.1 Å². The van der Waals surface area contributed by atoms with Gasteiger partial charge in [0.05, 0.1) is 20.4 Å². The van der Waals surface area contributed by atoms with Gasteiger partial charge in [-0.2, -0.15) is 0 Å². The molecule has 4 aromatic rings. The minimum Gasteiger partial charge on any atom is -0.401 e. The lowest BCUT2D eigenvalue weighted by molar-refractivity contribution is 0.514. The van der Waals surface area contributed by atoms with Gasteiger partial charge in [-0.3, -0.25) is 4.57 Å². The standard InChI is InChI=1S/C18H9Br2Cl2N3O2/c1-8-5-9(21)6-10-14(8)24-17(27-18(10)26)13-7-11(19)15(20)25(13)16-12(22)3-2-4-23-16/h2-7H,1H3. The van der Waals surface area contributed by atoms with Gasteiger partial charge in [0, 0.05) is 11.2 Å². The molecule has 0 amide bonds. The summed E-state index contributed by atoms with van der Waals surface area (Å²) in [7, 11) is 0. The first-order chi connectivity index (χ1) is 12.9. The fourth-order valence-corrected chi connectivity index (χ4v) is 4.13. The highest BCUT2D eigenvalue weighted by Crippen LogP contribution is 2.36. The van der Waals surface area contributed by atoms with Crippen molar-refractivity contribution in [1.29, 1.82) is 0 Å². The van der Waals surface area contributed by atoms with Crippen LogP contribution in [0.4, 0.5) is 0 Å². The maximum absolute atomic E-state index is 12.5. The van der Waals surface area contributed by atoms with Crippen molar-refractivity contribution >= 4 is 66.0 Å². The quantitative estimate of drug-likeness (QED) is 0.311. The number of fused-ring (bicyclic) bond motifs is 1. The number of pyridine rings is 1. The molecule has 0 N–H and O–H groups in total. The van der Waals surface area contributed by atoms with Gasteiger partial charge in [0.15, 0.2) is 5.82 Å². The summed E-state index contributed by atoms with van der Waals surface area (Å²) < 4.78 is 8.61. The van der Waals surface area contributed by atoms with Crippen LogP contribution in [-0.4, -0.2) is 14.5 Å². The molecule has 0 aliphatic rings. The third-order valence-electron chi connectivity index (χ3n) is 3.96. The summed E-state index contributed by atoms with van der Waals surface area (Å²) in [6, 6.07) is 8.54. The smallest absolute Gasteiger partial charge is 0.347 e. The molecule has 3 aromatic heterocycles. The number of nitrogens with zero attached hydrogens (tertiary/aromatic N) is 3. The molecule has 27 heavy (non-hydrogen) atoms. The molecule has 0 unspecified atom stereocenters. The first kappa shape index (κ1) is 18.7. The molecule has 5 nitrogen and oxygen atoms in total. The third-order valence-corrected chi connectivity index (χ3v) is 6.39. The van der Waals surface area contributed by atoms with E-state index in [1.165, 1.54) is 0 Å². The molecular weight excluding hydrogens is 521 g/mol. The highest BCUT2D eigenvalue weighted by atomic mass is 79.9. The van der Waals surface area contributed by atoms with Gasteiger partial charge in [-0.1, -0.05) is 23.2 Å². The maximum Gasteiger partial charge on any atom is 0.347 e. The second kappa shape index (κ2) is 7.05. The van der Waals surface area contributed by atoms with E-state index < -0.39 is 5.63 Å². The molecule has 9 heteroatoms. The van der Waals surface area contributed by atoms with Gasteiger partial charge >= 0.3 is 5.63 Å². The van der Waals surface area contributed by atoms with Crippen molar-refractivity contribution in [1.82, 2.24) is 14.5 Å². The molecule has 4 rings (SSSR count). The highest BCUT2D eigenvalue weighted by Gasteiger charge is 2.21. The summed E-state index contributed by atoms with van der Waals surface area (Å²) >= 11 is 19.4. The van der Waals surface area contributed by atoms with Gasteiger partial charge in [-0.15, -0.1) is 0 Å². The molecule has 0 spiro atoms. The number of aryl methyl sites for hydroxylation is 1. The molecule has 0 radical (unpaired) electrons. The van der Waals surface area contributed by atoms with Gasteiger partial charge < -0.3 is 4.42 Å². The molecule has 0 aliphatic carbocycles. The van der Waals surface area contributed by atoms with Crippen molar-refractivity contribution in [2.75, 3.05) is 0 Å². The molecule has 0 bridgehead atoms. The molecule has 0 aliphatic heterocycles. The van der Waals surface area contributed by atoms with E-state index in [-0.39, 0.29) is 5.89 Å². The van der Waals surface area contributed by atoms with Crippen molar-refractivity contribution in [2.45, 2.75) is 6.92 Å². The number of hydrogen-bond acceptors (Lipinski definition) is 4. The van der Waals surface area contributed by atoms with Crippen LogP contribution in [0, 0.1) is 6.92 Å². The van der Waals surface area contributed by atoms with Crippen LogP contribution >= 0.6 is 55.1 Å². The lowest BCUT2D eigenvalue weighted by atomic mass is 10.1. The van der Waals surface area contributed by atoms with E-state index in [0.29, 0.717) is 37.1 Å². The number of hydrogen-bond donors (Lipinski definition) is 0.